The molecule has 0 saturated carbocycles. The number of hydrogen-bond donors (Lipinski definition) is 0. The minimum Gasteiger partial charge on any atom is -0.293 e. The van der Waals surface area contributed by atoms with Crippen LogP contribution in [0.1, 0.15) is 18.1 Å². The summed E-state index contributed by atoms with van der Waals surface area (Å²) in [6, 6.07) is 16.3. The van der Waals surface area contributed by atoms with Crippen LogP contribution in [-0.2, 0) is 14.6 Å². The van der Waals surface area contributed by atoms with Gasteiger partial charge in [0.2, 0.25) is 0 Å². The van der Waals surface area contributed by atoms with E-state index in [0.29, 0.717) is 0 Å². The first-order valence-electron chi connectivity index (χ1n) is 7.04. The molecular formula is C18H16O3S. The third kappa shape index (κ3) is 2.40. The van der Waals surface area contributed by atoms with Crippen molar-refractivity contribution in [2.75, 3.05) is 6.26 Å². The molecule has 0 amide bonds. The molecule has 0 spiro atoms. The Hall–Kier alpha value is -2.20. The van der Waals surface area contributed by atoms with E-state index in [0.717, 1.165) is 22.3 Å². The first kappa shape index (κ1) is 14.7. The van der Waals surface area contributed by atoms with Gasteiger partial charge in [-0.05, 0) is 28.8 Å². The number of Topliss-reactive ketones (excluding diaryl/α,β-unsaturated/α-hetero) is 1. The molecule has 112 valence electrons. The number of sulfone groups is 1. The summed E-state index contributed by atoms with van der Waals surface area (Å²) >= 11 is 0. The Labute approximate surface area is 130 Å². The molecule has 2 aromatic carbocycles. The van der Waals surface area contributed by atoms with E-state index in [2.05, 4.69) is 0 Å². The van der Waals surface area contributed by atoms with Crippen molar-refractivity contribution in [2.45, 2.75) is 11.8 Å². The van der Waals surface area contributed by atoms with E-state index in [1.54, 1.807) is 24.3 Å². The van der Waals surface area contributed by atoms with Gasteiger partial charge in [0.15, 0.2) is 15.6 Å². The number of carbonyl (C=O) groups excluding carboxylic acids is 1. The van der Waals surface area contributed by atoms with Crippen molar-refractivity contribution in [1.29, 1.82) is 0 Å². The first-order chi connectivity index (χ1) is 10.4. The molecule has 0 N–H and O–H groups in total. The highest BCUT2D eigenvalue weighted by Gasteiger charge is 2.36. The van der Waals surface area contributed by atoms with Crippen LogP contribution in [0.5, 0.6) is 0 Å². The average molecular weight is 312 g/mol. The third-order valence-corrected chi connectivity index (χ3v) is 5.13. The molecule has 4 heteroatoms. The fourth-order valence-electron chi connectivity index (χ4n) is 2.80. The third-order valence-electron chi connectivity index (χ3n) is 4.00. The van der Waals surface area contributed by atoms with Crippen LogP contribution in [0.2, 0.25) is 0 Å². The van der Waals surface area contributed by atoms with E-state index in [1.807, 2.05) is 37.3 Å². The fraction of sp³-hybridized carbons (Fsp3) is 0.167. The molecule has 1 unspecified atom stereocenters. The monoisotopic (exact) mass is 312 g/mol. The lowest BCUT2D eigenvalue weighted by molar-refractivity contribution is -0.116. The highest BCUT2D eigenvalue weighted by molar-refractivity contribution is 7.90. The van der Waals surface area contributed by atoms with Crippen molar-refractivity contribution < 1.29 is 13.2 Å². The van der Waals surface area contributed by atoms with Gasteiger partial charge in [0.1, 0.15) is 0 Å². The Morgan fingerprint density at radius 2 is 1.45 bits per heavy atom. The topological polar surface area (TPSA) is 51.2 Å². The molecule has 22 heavy (non-hydrogen) atoms. The van der Waals surface area contributed by atoms with Crippen LogP contribution in [-0.4, -0.2) is 20.5 Å². The predicted octanol–water partition coefficient (Wildman–Crippen LogP) is 3.22. The second-order valence-electron chi connectivity index (χ2n) is 5.54. The molecule has 0 fully saturated rings. The molecule has 0 aliphatic heterocycles. The molecule has 3 nitrogen and oxygen atoms in total. The standard InChI is InChI=1S/C18H16O3S/c1-12-16(14-8-10-15(11-9-14)22(2,20)21)17(18(12)19)13-6-4-3-5-7-13/h3-12H,1-2H3. The Morgan fingerprint density at radius 1 is 0.864 bits per heavy atom. The van der Waals surface area contributed by atoms with Gasteiger partial charge in [-0.1, -0.05) is 49.4 Å². The van der Waals surface area contributed by atoms with Crippen LogP contribution in [0.3, 0.4) is 0 Å². The molecule has 0 radical (unpaired) electrons. The van der Waals surface area contributed by atoms with Crippen molar-refractivity contribution in [3.8, 4) is 0 Å². The summed E-state index contributed by atoms with van der Waals surface area (Å²) in [5, 5.41) is 0. The predicted molar refractivity (Wildman–Crippen MR) is 87.0 cm³/mol. The van der Waals surface area contributed by atoms with Crippen LogP contribution in [0.15, 0.2) is 59.5 Å². The zero-order valence-corrected chi connectivity index (χ0v) is 13.2. The summed E-state index contributed by atoms with van der Waals surface area (Å²) in [7, 11) is -3.21. The minimum absolute atomic E-state index is 0.133. The normalized spacial score (nSPS) is 18.3. The van der Waals surface area contributed by atoms with E-state index in [9.17, 15) is 13.2 Å². The Bertz CT molecular complexity index is 860. The largest absolute Gasteiger partial charge is 0.293 e. The van der Waals surface area contributed by atoms with Crippen molar-refractivity contribution in [2.24, 2.45) is 5.92 Å². The van der Waals surface area contributed by atoms with Gasteiger partial charge in [0.25, 0.3) is 0 Å². The van der Waals surface area contributed by atoms with Crippen LogP contribution in [0.25, 0.3) is 11.1 Å². The van der Waals surface area contributed by atoms with Crippen molar-refractivity contribution in [3.63, 3.8) is 0 Å². The van der Waals surface area contributed by atoms with Crippen LogP contribution in [0.4, 0.5) is 0 Å². The average Bonchev–Trinajstić information content (AvgIpc) is 2.51. The second kappa shape index (κ2) is 5.21. The number of allylic oxidation sites excluding steroid dienone is 2. The molecule has 0 heterocycles. The number of benzene rings is 2. The first-order valence-corrected chi connectivity index (χ1v) is 8.93. The van der Waals surface area contributed by atoms with E-state index >= 15 is 0 Å². The van der Waals surface area contributed by atoms with Gasteiger partial charge in [-0.25, -0.2) is 8.42 Å². The van der Waals surface area contributed by atoms with E-state index in [-0.39, 0.29) is 16.6 Å². The number of rotatable bonds is 3. The van der Waals surface area contributed by atoms with Gasteiger partial charge in [0.05, 0.1) is 4.90 Å². The van der Waals surface area contributed by atoms with Crippen molar-refractivity contribution >= 4 is 26.8 Å². The highest BCUT2D eigenvalue weighted by atomic mass is 32.2. The summed E-state index contributed by atoms with van der Waals surface area (Å²) in [5.41, 5.74) is 3.53. The lowest BCUT2D eigenvalue weighted by Gasteiger charge is -2.30. The summed E-state index contributed by atoms with van der Waals surface area (Å²) in [6.45, 7) is 1.88. The fourth-order valence-corrected chi connectivity index (χ4v) is 3.43. The molecule has 0 saturated heterocycles. The zero-order valence-electron chi connectivity index (χ0n) is 12.4. The van der Waals surface area contributed by atoms with Crippen molar-refractivity contribution in [1.82, 2.24) is 0 Å². The van der Waals surface area contributed by atoms with E-state index in [1.165, 1.54) is 6.26 Å². The molecular weight excluding hydrogens is 296 g/mol. The van der Waals surface area contributed by atoms with Crippen molar-refractivity contribution in [3.05, 3.63) is 65.7 Å². The Morgan fingerprint density at radius 3 is 2.00 bits per heavy atom. The van der Waals surface area contributed by atoms with Gasteiger partial charge in [0, 0.05) is 17.7 Å². The maximum Gasteiger partial charge on any atom is 0.175 e. The molecule has 3 rings (SSSR count). The van der Waals surface area contributed by atoms with Crippen LogP contribution >= 0.6 is 0 Å². The van der Waals surface area contributed by atoms with Gasteiger partial charge in [-0.15, -0.1) is 0 Å². The minimum atomic E-state index is -3.21. The van der Waals surface area contributed by atoms with Crippen LogP contribution in [0, 0.1) is 5.92 Å². The highest BCUT2D eigenvalue weighted by Crippen LogP contribution is 2.44. The Balaban J connectivity index is 2.09. The SMILES string of the molecule is CC1C(=O)C(c2ccccc2)=C1c1ccc(S(C)(=O)=O)cc1. The lowest BCUT2D eigenvalue weighted by atomic mass is 9.71. The van der Waals surface area contributed by atoms with E-state index in [4.69, 9.17) is 0 Å². The molecule has 0 bridgehead atoms. The quantitative estimate of drug-likeness (QED) is 0.874. The van der Waals surface area contributed by atoms with Crippen LogP contribution < -0.4 is 0 Å². The maximum atomic E-state index is 12.2. The summed E-state index contributed by atoms with van der Waals surface area (Å²) in [6.07, 6.45) is 1.19. The summed E-state index contributed by atoms with van der Waals surface area (Å²) in [5.74, 6) is -0.0207. The molecule has 2 aromatic rings. The lowest BCUT2D eigenvalue weighted by Crippen LogP contribution is -2.26. The Kier molecular flexibility index (Phi) is 3.49. The van der Waals surface area contributed by atoms with Gasteiger partial charge in [-0.2, -0.15) is 0 Å². The van der Waals surface area contributed by atoms with Gasteiger partial charge in [-0.3, -0.25) is 4.79 Å². The maximum absolute atomic E-state index is 12.2. The number of carbonyl (C=O) groups is 1. The molecule has 1 aliphatic rings. The molecule has 1 aliphatic carbocycles. The number of hydrogen-bond acceptors (Lipinski definition) is 3. The van der Waals surface area contributed by atoms with E-state index < -0.39 is 9.84 Å². The second-order valence-corrected chi connectivity index (χ2v) is 7.55. The number of ketones is 1. The smallest absolute Gasteiger partial charge is 0.175 e. The molecule has 0 aromatic heterocycles. The molecule has 1 atom stereocenters. The summed E-state index contributed by atoms with van der Waals surface area (Å²) < 4.78 is 23.1. The van der Waals surface area contributed by atoms with Gasteiger partial charge < -0.3 is 0 Å². The van der Waals surface area contributed by atoms with Gasteiger partial charge >= 0.3 is 0 Å². The summed E-state index contributed by atoms with van der Waals surface area (Å²) in [4.78, 5) is 12.5. The zero-order chi connectivity index (χ0) is 15.9.